The number of thioether (sulfide) groups is 1. The second-order valence-electron chi connectivity index (χ2n) is 7.34. The van der Waals surface area contributed by atoms with Crippen molar-refractivity contribution in [2.45, 2.75) is 35.4 Å². The van der Waals surface area contributed by atoms with E-state index in [1.54, 1.807) is 36.0 Å². The molecule has 30 heavy (non-hydrogen) atoms. The van der Waals surface area contributed by atoms with Crippen LogP contribution in [0, 0.1) is 6.92 Å². The van der Waals surface area contributed by atoms with Crippen LogP contribution in [0.5, 0.6) is 0 Å². The second kappa shape index (κ2) is 9.49. The van der Waals surface area contributed by atoms with E-state index in [0.717, 1.165) is 16.9 Å². The van der Waals surface area contributed by atoms with Crippen molar-refractivity contribution in [1.82, 2.24) is 5.32 Å². The molecule has 0 fully saturated rings. The van der Waals surface area contributed by atoms with Gasteiger partial charge in [-0.2, -0.15) is 0 Å². The lowest BCUT2D eigenvalue weighted by molar-refractivity contribution is 0.0940. The minimum atomic E-state index is -3.23. The van der Waals surface area contributed by atoms with Gasteiger partial charge < -0.3 is 5.32 Å². The zero-order valence-electron chi connectivity index (χ0n) is 17.3. The van der Waals surface area contributed by atoms with Gasteiger partial charge in [0.05, 0.1) is 10.9 Å². The molecule has 156 valence electrons. The summed E-state index contributed by atoms with van der Waals surface area (Å²) in [4.78, 5) is 14.1. The highest BCUT2D eigenvalue weighted by atomic mass is 32.2. The predicted octanol–water partition coefficient (Wildman–Crippen LogP) is 5.18. The molecular weight excluding hydrogens is 414 g/mol. The Morgan fingerprint density at radius 1 is 0.933 bits per heavy atom. The van der Waals surface area contributed by atoms with Crippen LogP contribution in [0.3, 0.4) is 0 Å². The van der Waals surface area contributed by atoms with Crippen molar-refractivity contribution in [3.8, 4) is 0 Å². The predicted molar refractivity (Wildman–Crippen MR) is 123 cm³/mol. The molecule has 0 aliphatic carbocycles. The van der Waals surface area contributed by atoms with E-state index in [4.69, 9.17) is 0 Å². The second-order valence-corrected chi connectivity index (χ2v) is 10.4. The summed E-state index contributed by atoms with van der Waals surface area (Å²) in [5.74, 6) is 0.682. The Morgan fingerprint density at radius 2 is 1.53 bits per heavy atom. The van der Waals surface area contributed by atoms with E-state index in [1.807, 2.05) is 31.2 Å². The Balaban J connectivity index is 1.58. The van der Waals surface area contributed by atoms with Gasteiger partial charge in [-0.25, -0.2) is 8.42 Å². The molecule has 0 aliphatic heterocycles. The molecule has 4 nitrogen and oxygen atoms in total. The third-order valence-corrected chi connectivity index (χ3v) is 7.01. The van der Waals surface area contributed by atoms with Crippen LogP contribution in [-0.2, 0) is 15.6 Å². The first kappa shape index (κ1) is 22.1. The highest BCUT2D eigenvalue weighted by molar-refractivity contribution is 7.98. The third kappa shape index (κ3) is 5.97. The van der Waals surface area contributed by atoms with E-state index in [1.165, 1.54) is 16.7 Å². The molecular formula is C24H25NO3S2. The lowest BCUT2D eigenvalue weighted by Crippen LogP contribution is -2.26. The monoisotopic (exact) mass is 439 g/mol. The number of aryl methyl sites for hydroxylation is 1. The van der Waals surface area contributed by atoms with Crippen LogP contribution >= 0.6 is 11.8 Å². The van der Waals surface area contributed by atoms with Crippen LogP contribution < -0.4 is 5.32 Å². The van der Waals surface area contributed by atoms with E-state index in [0.29, 0.717) is 5.56 Å². The normalized spacial score (nSPS) is 12.4. The highest BCUT2D eigenvalue weighted by Crippen LogP contribution is 2.23. The summed E-state index contributed by atoms with van der Waals surface area (Å²) in [6.07, 6.45) is 1.18. The van der Waals surface area contributed by atoms with Gasteiger partial charge in [-0.15, -0.1) is 11.8 Å². The number of carbonyl (C=O) groups excluding carboxylic acids is 1. The minimum absolute atomic E-state index is 0.160. The van der Waals surface area contributed by atoms with E-state index >= 15 is 0 Å². The smallest absolute Gasteiger partial charge is 0.251 e. The number of rotatable bonds is 7. The molecule has 0 aromatic heterocycles. The zero-order valence-corrected chi connectivity index (χ0v) is 18.9. The minimum Gasteiger partial charge on any atom is -0.346 e. The van der Waals surface area contributed by atoms with Gasteiger partial charge in [-0.3, -0.25) is 4.79 Å². The van der Waals surface area contributed by atoms with Crippen molar-refractivity contribution in [2.75, 3.05) is 6.26 Å². The molecule has 0 unspecified atom stereocenters. The van der Waals surface area contributed by atoms with Crippen molar-refractivity contribution in [2.24, 2.45) is 0 Å². The summed E-state index contributed by atoms with van der Waals surface area (Å²) in [6.45, 7) is 3.95. The SMILES string of the molecule is Cc1ccc(SCc2ccc(C(=O)N[C@H](C)c3ccc(S(C)(=O)=O)cc3)cc2)cc1. The van der Waals surface area contributed by atoms with Gasteiger partial charge in [0.15, 0.2) is 9.84 Å². The number of hydrogen-bond donors (Lipinski definition) is 1. The van der Waals surface area contributed by atoms with Crippen molar-refractivity contribution < 1.29 is 13.2 Å². The van der Waals surface area contributed by atoms with Gasteiger partial charge in [0, 0.05) is 22.5 Å². The molecule has 0 saturated carbocycles. The Hall–Kier alpha value is -2.57. The van der Waals surface area contributed by atoms with Crippen LogP contribution in [0.2, 0.25) is 0 Å². The zero-order chi connectivity index (χ0) is 21.7. The first-order chi connectivity index (χ1) is 14.2. The topological polar surface area (TPSA) is 63.2 Å². The summed E-state index contributed by atoms with van der Waals surface area (Å²) in [7, 11) is -3.23. The first-order valence-corrected chi connectivity index (χ1v) is 12.5. The van der Waals surface area contributed by atoms with Crippen molar-refractivity contribution in [3.05, 3.63) is 95.1 Å². The number of hydrogen-bond acceptors (Lipinski definition) is 4. The molecule has 1 N–H and O–H groups in total. The largest absolute Gasteiger partial charge is 0.346 e. The summed E-state index contributed by atoms with van der Waals surface area (Å²) >= 11 is 1.76. The number of nitrogens with one attached hydrogen (secondary N) is 1. The lowest BCUT2D eigenvalue weighted by Gasteiger charge is -2.15. The van der Waals surface area contributed by atoms with Crippen LogP contribution in [0.4, 0.5) is 0 Å². The Labute approximate surface area is 182 Å². The van der Waals surface area contributed by atoms with Gasteiger partial charge in [0.1, 0.15) is 0 Å². The van der Waals surface area contributed by atoms with Crippen LogP contribution in [0.1, 0.15) is 40.0 Å². The quantitative estimate of drug-likeness (QED) is 0.515. The van der Waals surface area contributed by atoms with Crippen LogP contribution in [0.15, 0.2) is 82.6 Å². The summed E-state index contributed by atoms with van der Waals surface area (Å²) in [5.41, 5.74) is 3.84. The molecule has 3 rings (SSSR count). The van der Waals surface area contributed by atoms with E-state index in [2.05, 4.69) is 36.5 Å². The fraction of sp³-hybridized carbons (Fsp3) is 0.208. The van der Waals surface area contributed by atoms with Crippen molar-refractivity contribution >= 4 is 27.5 Å². The average Bonchev–Trinajstić information content (AvgIpc) is 2.73. The molecule has 6 heteroatoms. The van der Waals surface area contributed by atoms with E-state index in [-0.39, 0.29) is 16.8 Å². The molecule has 0 heterocycles. The number of benzene rings is 3. The van der Waals surface area contributed by atoms with Crippen LogP contribution in [0.25, 0.3) is 0 Å². The van der Waals surface area contributed by atoms with Gasteiger partial charge in [0.2, 0.25) is 0 Å². The molecule has 1 atom stereocenters. The summed E-state index contributed by atoms with van der Waals surface area (Å²) in [6, 6.07) is 22.4. The van der Waals surface area contributed by atoms with Gasteiger partial charge >= 0.3 is 0 Å². The van der Waals surface area contributed by atoms with E-state index in [9.17, 15) is 13.2 Å². The Kier molecular flexibility index (Phi) is 7.00. The lowest BCUT2D eigenvalue weighted by atomic mass is 10.1. The van der Waals surface area contributed by atoms with E-state index < -0.39 is 9.84 Å². The molecule has 1 amide bonds. The molecule has 0 bridgehead atoms. The summed E-state index contributed by atoms with van der Waals surface area (Å²) in [5, 5.41) is 2.96. The molecule has 0 radical (unpaired) electrons. The number of amides is 1. The molecule has 0 saturated heterocycles. The van der Waals surface area contributed by atoms with Crippen LogP contribution in [-0.4, -0.2) is 20.6 Å². The molecule has 3 aromatic carbocycles. The number of sulfone groups is 1. The molecule has 0 spiro atoms. The highest BCUT2D eigenvalue weighted by Gasteiger charge is 2.13. The number of carbonyl (C=O) groups is 1. The molecule has 3 aromatic rings. The van der Waals surface area contributed by atoms with Gasteiger partial charge in [0.25, 0.3) is 5.91 Å². The Bertz CT molecular complexity index is 1100. The van der Waals surface area contributed by atoms with Crippen molar-refractivity contribution in [1.29, 1.82) is 0 Å². The maximum absolute atomic E-state index is 12.6. The Morgan fingerprint density at radius 3 is 2.10 bits per heavy atom. The van der Waals surface area contributed by atoms with Gasteiger partial charge in [-0.05, 0) is 61.4 Å². The summed E-state index contributed by atoms with van der Waals surface area (Å²) < 4.78 is 23.1. The fourth-order valence-electron chi connectivity index (χ4n) is 2.92. The first-order valence-electron chi connectivity index (χ1n) is 9.61. The maximum atomic E-state index is 12.6. The third-order valence-electron chi connectivity index (χ3n) is 4.80. The standard InChI is InChI=1S/C24H25NO3S2/c1-17-4-12-22(13-5-17)29-16-19-6-8-21(9-7-19)24(26)25-18(2)20-10-14-23(15-11-20)30(3,27)28/h4-15,18H,16H2,1-3H3,(H,25,26)/t18-/m1/s1. The van der Waals surface area contributed by atoms with Crippen molar-refractivity contribution in [3.63, 3.8) is 0 Å². The molecule has 0 aliphatic rings. The maximum Gasteiger partial charge on any atom is 0.251 e. The average molecular weight is 440 g/mol. The fourth-order valence-corrected chi connectivity index (χ4v) is 4.41. The van der Waals surface area contributed by atoms with Gasteiger partial charge in [-0.1, -0.05) is 42.0 Å².